The quantitative estimate of drug-likeness (QED) is 0.756. The second-order valence-corrected chi connectivity index (χ2v) is 6.20. The highest BCUT2D eigenvalue weighted by atomic mass is 32.2. The molecular weight excluding hydrogens is 272 g/mol. The molecular formula is C15H24N2O2S. The van der Waals surface area contributed by atoms with Gasteiger partial charge in [-0.1, -0.05) is 26.0 Å². The van der Waals surface area contributed by atoms with Gasteiger partial charge in [-0.3, -0.25) is 0 Å². The molecule has 0 saturated carbocycles. The van der Waals surface area contributed by atoms with Crippen LogP contribution in [0, 0.1) is 0 Å². The summed E-state index contributed by atoms with van der Waals surface area (Å²) in [5.74, 6) is 0.425. The lowest BCUT2D eigenvalue weighted by Gasteiger charge is -2.21. The first-order valence-electron chi connectivity index (χ1n) is 6.79. The Morgan fingerprint density at radius 2 is 2.05 bits per heavy atom. The number of urea groups is 1. The molecule has 0 aliphatic rings. The molecule has 0 spiro atoms. The van der Waals surface area contributed by atoms with Crippen molar-refractivity contribution in [3.8, 4) is 0 Å². The first-order chi connectivity index (χ1) is 9.47. The van der Waals surface area contributed by atoms with Crippen LogP contribution in [0.4, 0.5) is 10.5 Å². The monoisotopic (exact) mass is 296 g/mol. The van der Waals surface area contributed by atoms with E-state index in [9.17, 15) is 9.90 Å². The van der Waals surface area contributed by atoms with E-state index in [0.717, 1.165) is 5.69 Å². The Hall–Kier alpha value is -1.20. The van der Waals surface area contributed by atoms with Crippen LogP contribution in [-0.4, -0.2) is 35.3 Å². The van der Waals surface area contributed by atoms with E-state index in [2.05, 4.69) is 24.5 Å². The summed E-state index contributed by atoms with van der Waals surface area (Å²) in [7, 11) is 0. The number of thioether (sulfide) groups is 1. The van der Waals surface area contributed by atoms with Crippen molar-refractivity contribution in [1.82, 2.24) is 5.32 Å². The Kier molecular flexibility index (Phi) is 6.88. The van der Waals surface area contributed by atoms with E-state index in [1.165, 1.54) is 5.56 Å². The molecule has 0 aliphatic heterocycles. The van der Waals surface area contributed by atoms with Gasteiger partial charge in [-0.2, -0.15) is 11.8 Å². The number of aliphatic hydroxyl groups is 1. The molecule has 20 heavy (non-hydrogen) atoms. The van der Waals surface area contributed by atoms with Gasteiger partial charge in [0.15, 0.2) is 0 Å². The minimum absolute atomic E-state index is 0.00254. The average molecular weight is 296 g/mol. The van der Waals surface area contributed by atoms with E-state index < -0.39 is 0 Å². The van der Waals surface area contributed by atoms with Crippen molar-refractivity contribution in [2.45, 2.75) is 38.0 Å². The molecule has 0 heterocycles. The van der Waals surface area contributed by atoms with Gasteiger partial charge in [0.25, 0.3) is 0 Å². The van der Waals surface area contributed by atoms with E-state index in [1.54, 1.807) is 11.8 Å². The van der Waals surface area contributed by atoms with Crippen molar-refractivity contribution < 1.29 is 9.90 Å². The Balaban J connectivity index is 2.60. The van der Waals surface area contributed by atoms with Crippen molar-refractivity contribution >= 4 is 23.5 Å². The molecule has 2 unspecified atom stereocenters. The van der Waals surface area contributed by atoms with E-state index in [1.807, 2.05) is 37.4 Å². The second-order valence-electron chi connectivity index (χ2n) is 5.12. The fraction of sp³-hybridized carbons (Fsp3) is 0.533. The number of benzene rings is 1. The van der Waals surface area contributed by atoms with Gasteiger partial charge in [-0.05, 0) is 36.8 Å². The molecule has 0 aromatic heterocycles. The summed E-state index contributed by atoms with van der Waals surface area (Å²) in [4.78, 5) is 11.9. The summed E-state index contributed by atoms with van der Waals surface area (Å²) in [6.45, 7) is 6.17. The highest BCUT2D eigenvalue weighted by Gasteiger charge is 2.17. The normalized spacial score (nSPS) is 13.9. The number of anilines is 1. The van der Waals surface area contributed by atoms with Crippen molar-refractivity contribution in [1.29, 1.82) is 0 Å². The smallest absolute Gasteiger partial charge is 0.319 e. The molecule has 0 fully saturated rings. The molecule has 1 aromatic rings. The molecule has 4 nitrogen and oxygen atoms in total. The third-order valence-electron chi connectivity index (χ3n) is 3.21. The molecule has 0 saturated heterocycles. The van der Waals surface area contributed by atoms with Crippen LogP contribution in [0.5, 0.6) is 0 Å². The topological polar surface area (TPSA) is 61.4 Å². The highest BCUT2D eigenvalue weighted by molar-refractivity contribution is 7.99. The third-order valence-corrected chi connectivity index (χ3v) is 4.37. The van der Waals surface area contributed by atoms with Crippen molar-refractivity contribution in [2.24, 2.45) is 0 Å². The zero-order valence-corrected chi connectivity index (χ0v) is 13.3. The van der Waals surface area contributed by atoms with Gasteiger partial charge in [-0.15, -0.1) is 0 Å². The number of rotatable bonds is 6. The van der Waals surface area contributed by atoms with Gasteiger partial charge >= 0.3 is 6.03 Å². The Morgan fingerprint density at radius 1 is 1.35 bits per heavy atom. The van der Waals surface area contributed by atoms with Gasteiger partial charge in [0.05, 0.1) is 6.61 Å². The first-order valence-corrected chi connectivity index (χ1v) is 8.07. The number of carbonyl (C=O) groups is 1. The molecule has 112 valence electrons. The summed E-state index contributed by atoms with van der Waals surface area (Å²) >= 11 is 1.54. The number of hydrogen-bond acceptors (Lipinski definition) is 3. The van der Waals surface area contributed by atoms with Crippen LogP contribution in [0.25, 0.3) is 0 Å². The summed E-state index contributed by atoms with van der Waals surface area (Å²) in [6.07, 6.45) is 1.92. The number of carbonyl (C=O) groups excluding carboxylic acids is 1. The van der Waals surface area contributed by atoms with Crippen LogP contribution < -0.4 is 10.6 Å². The number of amides is 2. The molecule has 2 amide bonds. The van der Waals surface area contributed by atoms with Crippen LogP contribution in [0.3, 0.4) is 0 Å². The fourth-order valence-corrected chi connectivity index (χ4v) is 2.50. The molecule has 2 atom stereocenters. The van der Waals surface area contributed by atoms with Crippen LogP contribution in [-0.2, 0) is 0 Å². The average Bonchev–Trinajstić information content (AvgIpc) is 2.40. The SMILES string of the molecule is CSC(CO)C(C)NC(=O)Nc1cccc(C(C)C)c1. The number of aliphatic hydroxyl groups excluding tert-OH is 1. The molecule has 0 bridgehead atoms. The van der Waals surface area contributed by atoms with E-state index in [0.29, 0.717) is 5.92 Å². The lowest BCUT2D eigenvalue weighted by Crippen LogP contribution is -2.43. The molecule has 1 rings (SSSR count). The number of nitrogens with one attached hydrogen (secondary N) is 2. The predicted octanol–water partition coefficient (Wildman–Crippen LogP) is 3.04. The standard InChI is InChI=1S/C15H24N2O2S/c1-10(2)12-6-5-7-13(8-12)17-15(19)16-11(3)14(9-18)20-4/h5-8,10-11,14,18H,9H2,1-4H3,(H2,16,17,19). The molecule has 0 radical (unpaired) electrons. The molecule has 1 aromatic carbocycles. The maximum atomic E-state index is 11.9. The summed E-state index contributed by atoms with van der Waals surface area (Å²) in [6, 6.07) is 7.49. The summed E-state index contributed by atoms with van der Waals surface area (Å²) in [5, 5.41) is 14.9. The lowest BCUT2D eigenvalue weighted by molar-refractivity contribution is 0.243. The Morgan fingerprint density at radius 3 is 2.60 bits per heavy atom. The van der Waals surface area contributed by atoms with Gasteiger partial charge in [-0.25, -0.2) is 4.79 Å². The maximum absolute atomic E-state index is 11.9. The number of hydrogen-bond donors (Lipinski definition) is 3. The second kappa shape index (κ2) is 8.17. The summed E-state index contributed by atoms with van der Waals surface area (Å²) < 4.78 is 0. The minimum Gasteiger partial charge on any atom is -0.395 e. The highest BCUT2D eigenvalue weighted by Crippen LogP contribution is 2.18. The largest absolute Gasteiger partial charge is 0.395 e. The lowest BCUT2D eigenvalue weighted by atomic mass is 10.0. The van der Waals surface area contributed by atoms with Crippen molar-refractivity contribution in [3.63, 3.8) is 0 Å². The van der Waals surface area contributed by atoms with E-state index >= 15 is 0 Å². The molecule has 5 heteroatoms. The van der Waals surface area contributed by atoms with Gasteiger partial charge in [0.1, 0.15) is 0 Å². The van der Waals surface area contributed by atoms with Gasteiger partial charge in [0.2, 0.25) is 0 Å². The zero-order valence-electron chi connectivity index (χ0n) is 12.5. The van der Waals surface area contributed by atoms with Gasteiger partial charge in [0, 0.05) is 17.0 Å². The maximum Gasteiger partial charge on any atom is 0.319 e. The minimum atomic E-state index is -0.245. The van der Waals surface area contributed by atoms with Crippen LogP contribution in [0.2, 0.25) is 0 Å². The van der Waals surface area contributed by atoms with Crippen molar-refractivity contribution in [3.05, 3.63) is 29.8 Å². The molecule has 3 N–H and O–H groups in total. The van der Waals surface area contributed by atoms with Crippen LogP contribution in [0.15, 0.2) is 24.3 Å². The fourth-order valence-electron chi connectivity index (χ4n) is 1.88. The van der Waals surface area contributed by atoms with Gasteiger partial charge < -0.3 is 15.7 Å². The van der Waals surface area contributed by atoms with Crippen LogP contribution >= 0.6 is 11.8 Å². The molecule has 0 aliphatic carbocycles. The van der Waals surface area contributed by atoms with Crippen molar-refractivity contribution in [2.75, 3.05) is 18.2 Å². The predicted molar refractivity (Wildman–Crippen MR) is 86.5 cm³/mol. The Bertz CT molecular complexity index is 434. The first kappa shape index (κ1) is 16.9. The summed E-state index contributed by atoms with van der Waals surface area (Å²) in [5.41, 5.74) is 1.97. The Labute approximate surface area is 125 Å². The van der Waals surface area contributed by atoms with E-state index in [4.69, 9.17) is 0 Å². The van der Waals surface area contributed by atoms with Crippen LogP contribution in [0.1, 0.15) is 32.3 Å². The van der Waals surface area contributed by atoms with E-state index in [-0.39, 0.29) is 23.9 Å². The third kappa shape index (κ3) is 5.06. The zero-order chi connectivity index (χ0) is 15.1.